The summed E-state index contributed by atoms with van der Waals surface area (Å²) in [5.74, 6) is -0.428. The molecule has 0 aliphatic carbocycles. The van der Waals surface area contributed by atoms with Crippen molar-refractivity contribution in [2.45, 2.75) is 17.7 Å². The van der Waals surface area contributed by atoms with E-state index in [9.17, 15) is 12.8 Å². The smallest absolute Gasteiger partial charge is 0.271 e. The van der Waals surface area contributed by atoms with Gasteiger partial charge in [0.15, 0.2) is 0 Å². The maximum atomic E-state index is 13.4. The van der Waals surface area contributed by atoms with Crippen LogP contribution in [0.3, 0.4) is 0 Å². The highest BCUT2D eigenvalue weighted by Gasteiger charge is 2.18. The molecule has 0 fully saturated rings. The summed E-state index contributed by atoms with van der Waals surface area (Å²) in [4.78, 5) is 0.926. The zero-order valence-electron chi connectivity index (χ0n) is 11.4. The van der Waals surface area contributed by atoms with Gasteiger partial charge in [0.2, 0.25) is 0 Å². The monoisotopic (exact) mass is 392 g/mol. The summed E-state index contributed by atoms with van der Waals surface area (Å²) in [5, 5.41) is 2.97. The molecule has 0 radical (unpaired) electrons. The molecule has 2 N–H and O–H groups in total. The fourth-order valence-corrected chi connectivity index (χ4v) is 4.56. The highest BCUT2D eigenvalue weighted by molar-refractivity contribution is 9.10. The summed E-state index contributed by atoms with van der Waals surface area (Å²) in [7, 11) is -1.87. The van der Waals surface area contributed by atoms with E-state index in [0.717, 1.165) is 4.88 Å². The van der Waals surface area contributed by atoms with Crippen molar-refractivity contribution >= 4 is 43.0 Å². The van der Waals surface area contributed by atoms with Crippen molar-refractivity contribution in [3.8, 4) is 0 Å². The van der Waals surface area contributed by atoms with Gasteiger partial charge in [-0.05, 0) is 59.7 Å². The van der Waals surface area contributed by atoms with E-state index in [0.29, 0.717) is 17.8 Å². The number of aryl methyl sites for hydroxylation is 1. The van der Waals surface area contributed by atoms with Gasteiger partial charge in [-0.25, -0.2) is 12.8 Å². The normalized spacial score (nSPS) is 11.6. The lowest BCUT2D eigenvalue weighted by molar-refractivity contribution is 0.602. The molecule has 4 nitrogen and oxygen atoms in total. The minimum atomic E-state index is -3.67. The molecule has 0 spiro atoms. The zero-order chi connectivity index (χ0) is 15.6. The predicted octanol–water partition coefficient (Wildman–Crippen LogP) is 3.48. The number of sulfonamides is 1. The lowest BCUT2D eigenvalue weighted by Crippen LogP contribution is -2.12. The average molecular weight is 393 g/mol. The molecule has 1 aromatic heterocycles. The van der Waals surface area contributed by atoms with Crippen LogP contribution in [0.25, 0.3) is 0 Å². The number of benzene rings is 1. The van der Waals surface area contributed by atoms with E-state index in [1.165, 1.54) is 23.5 Å². The van der Waals surface area contributed by atoms with Crippen LogP contribution < -0.4 is 10.0 Å². The minimum absolute atomic E-state index is 0.216. The number of nitrogens with one attached hydrogen (secondary N) is 2. The molecule has 2 aromatic rings. The van der Waals surface area contributed by atoms with Gasteiger partial charge in [0.25, 0.3) is 10.0 Å². The molecule has 0 aliphatic heterocycles. The Labute approximate surface area is 135 Å². The van der Waals surface area contributed by atoms with Crippen molar-refractivity contribution in [3.63, 3.8) is 0 Å². The van der Waals surface area contributed by atoms with Gasteiger partial charge in [-0.15, -0.1) is 11.3 Å². The Balaban J connectivity index is 2.30. The first-order valence-electron chi connectivity index (χ1n) is 6.05. The summed E-state index contributed by atoms with van der Waals surface area (Å²) < 4.78 is 41.0. The van der Waals surface area contributed by atoms with E-state index in [1.807, 2.05) is 0 Å². The minimum Gasteiger partial charge on any atom is -0.315 e. The molecule has 0 atom stereocenters. The molecule has 0 saturated carbocycles. The molecule has 1 heterocycles. The van der Waals surface area contributed by atoms with E-state index < -0.39 is 15.8 Å². The van der Waals surface area contributed by atoms with Gasteiger partial charge in [0.1, 0.15) is 10.0 Å². The number of rotatable bonds is 5. The average Bonchev–Trinajstić information content (AvgIpc) is 2.86. The first-order chi connectivity index (χ1) is 9.83. The standard InChI is InChI=1S/C13H14BrFN2O2S2/c1-8-5-11(15)10(14)6-12(8)17-21(18,19)13-4-3-9(20-13)7-16-2/h3-6,16-17H,7H2,1-2H3. The van der Waals surface area contributed by atoms with Crippen LogP contribution in [-0.4, -0.2) is 15.5 Å². The van der Waals surface area contributed by atoms with Crippen LogP contribution >= 0.6 is 27.3 Å². The van der Waals surface area contributed by atoms with E-state index >= 15 is 0 Å². The van der Waals surface area contributed by atoms with Crippen LogP contribution in [0.15, 0.2) is 32.9 Å². The van der Waals surface area contributed by atoms with Crippen molar-refractivity contribution in [2.75, 3.05) is 11.8 Å². The van der Waals surface area contributed by atoms with Gasteiger partial charge in [-0.1, -0.05) is 0 Å². The van der Waals surface area contributed by atoms with Gasteiger partial charge in [-0.3, -0.25) is 4.72 Å². The lowest BCUT2D eigenvalue weighted by atomic mass is 10.2. The Morgan fingerprint density at radius 1 is 1.33 bits per heavy atom. The quantitative estimate of drug-likeness (QED) is 0.818. The molecule has 0 aliphatic rings. The van der Waals surface area contributed by atoms with Crippen molar-refractivity contribution in [3.05, 3.63) is 45.0 Å². The summed E-state index contributed by atoms with van der Waals surface area (Å²) in [6.45, 7) is 2.26. The fourth-order valence-electron chi connectivity index (χ4n) is 1.72. The molecule has 114 valence electrons. The second-order valence-corrected chi connectivity index (χ2v) is 8.37. The van der Waals surface area contributed by atoms with Crippen molar-refractivity contribution in [1.29, 1.82) is 0 Å². The number of thiophene rings is 1. The molecule has 21 heavy (non-hydrogen) atoms. The number of anilines is 1. The topological polar surface area (TPSA) is 58.2 Å². The Kier molecular flexibility index (Phi) is 5.03. The fraction of sp³-hybridized carbons (Fsp3) is 0.231. The molecule has 1 aromatic carbocycles. The Bertz CT molecular complexity index is 760. The first-order valence-corrected chi connectivity index (χ1v) is 9.14. The molecular formula is C13H14BrFN2O2S2. The van der Waals surface area contributed by atoms with Gasteiger partial charge >= 0.3 is 0 Å². The van der Waals surface area contributed by atoms with Gasteiger partial charge < -0.3 is 5.32 Å². The predicted molar refractivity (Wildman–Crippen MR) is 86.7 cm³/mol. The van der Waals surface area contributed by atoms with E-state index in [1.54, 1.807) is 26.1 Å². The summed E-state index contributed by atoms with van der Waals surface area (Å²) >= 11 is 4.25. The third-order valence-corrected chi connectivity index (χ3v) is 6.31. The van der Waals surface area contributed by atoms with E-state index in [-0.39, 0.29) is 8.68 Å². The Morgan fingerprint density at radius 3 is 2.71 bits per heavy atom. The molecule has 0 unspecified atom stereocenters. The highest BCUT2D eigenvalue weighted by atomic mass is 79.9. The maximum Gasteiger partial charge on any atom is 0.271 e. The second-order valence-electron chi connectivity index (χ2n) is 4.44. The van der Waals surface area contributed by atoms with Gasteiger partial charge in [0.05, 0.1) is 10.2 Å². The number of hydrogen-bond donors (Lipinski definition) is 2. The summed E-state index contributed by atoms with van der Waals surface area (Å²) in [5.41, 5.74) is 0.873. The van der Waals surface area contributed by atoms with Gasteiger partial charge in [-0.2, -0.15) is 0 Å². The zero-order valence-corrected chi connectivity index (χ0v) is 14.6. The van der Waals surface area contributed by atoms with E-state index in [4.69, 9.17) is 0 Å². The van der Waals surface area contributed by atoms with Crippen molar-refractivity contribution < 1.29 is 12.8 Å². The third-order valence-electron chi connectivity index (χ3n) is 2.76. The van der Waals surface area contributed by atoms with Gasteiger partial charge in [0, 0.05) is 11.4 Å². The first kappa shape index (κ1) is 16.4. The SMILES string of the molecule is CNCc1ccc(S(=O)(=O)Nc2cc(Br)c(F)cc2C)s1. The Morgan fingerprint density at radius 2 is 2.05 bits per heavy atom. The molecule has 0 amide bonds. The molecule has 0 bridgehead atoms. The van der Waals surface area contributed by atoms with E-state index in [2.05, 4.69) is 26.0 Å². The Hall–Kier alpha value is -0.960. The van der Waals surface area contributed by atoms with Crippen LogP contribution in [0.2, 0.25) is 0 Å². The highest BCUT2D eigenvalue weighted by Crippen LogP contribution is 2.28. The number of hydrogen-bond acceptors (Lipinski definition) is 4. The number of halogens is 2. The third kappa shape index (κ3) is 3.82. The second kappa shape index (κ2) is 6.43. The lowest BCUT2D eigenvalue weighted by Gasteiger charge is -2.10. The van der Waals surface area contributed by atoms with Crippen LogP contribution in [-0.2, 0) is 16.6 Å². The van der Waals surface area contributed by atoms with Crippen LogP contribution in [0.1, 0.15) is 10.4 Å². The summed E-state index contributed by atoms with van der Waals surface area (Å²) in [6, 6.07) is 6.03. The molecule has 2 rings (SSSR count). The van der Waals surface area contributed by atoms with Crippen molar-refractivity contribution in [1.82, 2.24) is 5.32 Å². The maximum absolute atomic E-state index is 13.4. The molecular weight excluding hydrogens is 379 g/mol. The van der Waals surface area contributed by atoms with Crippen LogP contribution in [0.4, 0.5) is 10.1 Å². The molecule has 8 heteroatoms. The van der Waals surface area contributed by atoms with Crippen molar-refractivity contribution in [2.24, 2.45) is 0 Å². The van der Waals surface area contributed by atoms with Crippen LogP contribution in [0.5, 0.6) is 0 Å². The molecule has 0 saturated heterocycles. The largest absolute Gasteiger partial charge is 0.315 e. The summed E-state index contributed by atoms with van der Waals surface area (Å²) in [6.07, 6.45) is 0. The van der Waals surface area contributed by atoms with Crippen LogP contribution in [0, 0.1) is 12.7 Å².